The minimum atomic E-state index is -0.0621. The molecule has 0 atom stereocenters. The van der Waals surface area contributed by atoms with Gasteiger partial charge in [-0.05, 0) is 42.5 Å². The van der Waals surface area contributed by atoms with Gasteiger partial charge in [0.15, 0.2) is 0 Å². The third-order valence-electron chi connectivity index (χ3n) is 4.20. The van der Waals surface area contributed by atoms with E-state index in [4.69, 9.17) is 0 Å². The summed E-state index contributed by atoms with van der Waals surface area (Å²) in [4.78, 5) is 27.1. The fraction of sp³-hybridized carbons (Fsp3) is 0.400. The molecule has 0 aliphatic heterocycles. The van der Waals surface area contributed by atoms with Crippen molar-refractivity contribution in [3.63, 3.8) is 0 Å². The molecule has 0 aliphatic carbocycles. The van der Waals surface area contributed by atoms with Crippen LogP contribution in [0, 0.1) is 6.92 Å². The number of amides is 2. The summed E-state index contributed by atoms with van der Waals surface area (Å²) < 4.78 is 0. The number of carbonyl (C=O) groups excluding carboxylic acids is 2. The maximum absolute atomic E-state index is 12.1. The van der Waals surface area contributed by atoms with Crippen molar-refractivity contribution >= 4 is 23.2 Å². The molecule has 2 aromatic rings. The maximum atomic E-state index is 12.1. The van der Waals surface area contributed by atoms with E-state index in [1.807, 2.05) is 41.5 Å². The third kappa shape index (κ3) is 6.98. The van der Waals surface area contributed by atoms with Gasteiger partial charge < -0.3 is 10.6 Å². The smallest absolute Gasteiger partial charge is 0.234 e. The summed E-state index contributed by atoms with van der Waals surface area (Å²) in [7, 11) is 0. The predicted octanol–water partition coefficient (Wildman–Crippen LogP) is 2.35. The highest BCUT2D eigenvalue weighted by Crippen LogP contribution is 2.07. The Labute approximate surface area is 159 Å². The SMILES string of the molecule is CCN(CC(=O)NCCc1ccccc1C)CC(=O)NCc1cccs1. The molecule has 26 heavy (non-hydrogen) atoms. The van der Waals surface area contributed by atoms with Gasteiger partial charge in [0.1, 0.15) is 0 Å². The molecule has 0 aliphatic rings. The van der Waals surface area contributed by atoms with Crippen molar-refractivity contribution in [2.45, 2.75) is 26.8 Å². The van der Waals surface area contributed by atoms with E-state index >= 15 is 0 Å². The van der Waals surface area contributed by atoms with Crippen LogP contribution in [0.4, 0.5) is 0 Å². The monoisotopic (exact) mass is 373 g/mol. The first kappa shape index (κ1) is 20.1. The molecule has 0 fully saturated rings. The number of carbonyl (C=O) groups is 2. The molecule has 1 aromatic heterocycles. The number of benzene rings is 1. The molecule has 0 bridgehead atoms. The first-order valence-corrected chi connectivity index (χ1v) is 9.79. The van der Waals surface area contributed by atoms with Gasteiger partial charge in [-0.15, -0.1) is 11.3 Å². The van der Waals surface area contributed by atoms with E-state index < -0.39 is 0 Å². The molecule has 0 saturated heterocycles. The fourth-order valence-corrected chi connectivity index (χ4v) is 3.27. The molecule has 6 heteroatoms. The zero-order chi connectivity index (χ0) is 18.8. The maximum Gasteiger partial charge on any atom is 0.234 e. The lowest BCUT2D eigenvalue weighted by Crippen LogP contribution is -2.43. The van der Waals surface area contributed by atoms with E-state index in [0.29, 0.717) is 19.6 Å². The van der Waals surface area contributed by atoms with Crippen LogP contribution in [0.1, 0.15) is 22.9 Å². The van der Waals surface area contributed by atoms with Gasteiger partial charge in [-0.3, -0.25) is 14.5 Å². The zero-order valence-electron chi connectivity index (χ0n) is 15.5. The Morgan fingerprint density at radius 2 is 1.77 bits per heavy atom. The Hall–Kier alpha value is -2.18. The van der Waals surface area contributed by atoms with Crippen LogP contribution in [0.15, 0.2) is 41.8 Å². The molecule has 140 valence electrons. The summed E-state index contributed by atoms with van der Waals surface area (Å²) in [5.41, 5.74) is 2.48. The Bertz CT molecular complexity index is 701. The summed E-state index contributed by atoms with van der Waals surface area (Å²) in [6, 6.07) is 12.1. The lowest BCUT2D eigenvalue weighted by Gasteiger charge is -2.19. The topological polar surface area (TPSA) is 61.4 Å². The minimum Gasteiger partial charge on any atom is -0.355 e. The van der Waals surface area contributed by atoms with E-state index in [1.54, 1.807) is 11.3 Å². The van der Waals surface area contributed by atoms with E-state index in [0.717, 1.165) is 11.3 Å². The van der Waals surface area contributed by atoms with Gasteiger partial charge in [0, 0.05) is 11.4 Å². The van der Waals surface area contributed by atoms with Gasteiger partial charge in [0.2, 0.25) is 11.8 Å². The summed E-state index contributed by atoms with van der Waals surface area (Å²) in [6.45, 7) is 6.28. The summed E-state index contributed by atoms with van der Waals surface area (Å²) >= 11 is 1.62. The van der Waals surface area contributed by atoms with Crippen molar-refractivity contribution < 1.29 is 9.59 Å². The van der Waals surface area contributed by atoms with Crippen LogP contribution < -0.4 is 10.6 Å². The predicted molar refractivity (Wildman–Crippen MR) is 106 cm³/mol. The van der Waals surface area contributed by atoms with Crippen LogP contribution in [-0.4, -0.2) is 42.9 Å². The van der Waals surface area contributed by atoms with Crippen molar-refractivity contribution in [3.8, 4) is 0 Å². The van der Waals surface area contributed by atoms with Crippen LogP contribution in [-0.2, 0) is 22.6 Å². The number of aryl methyl sites for hydroxylation is 1. The Balaban J connectivity index is 1.68. The molecule has 0 unspecified atom stereocenters. The standard InChI is InChI=1S/C20H27N3O2S/c1-3-23(15-20(25)22-13-18-9-6-12-26-18)14-19(24)21-11-10-17-8-5-4-7-16(17)2/h4-9,12H,3,10-11,13-15H2,1-2H3,(H,21,24)(H,22,25). The molecule has 0 radical (unpaired) electrons. The van der Waals surface area contributed by atoms with Gasteiger partial charge in [-0.25, -0.2) is 0 Å². The molecule has 5 nitrogen and oxygen atoms in total. The number of hydrogen-bond donors (Lipinski definition) is 2. The lowest BCUT2D eigenvalue weighted by atomic mass is 10.1. The molecular formula is C20H27N3O2S. The number of nitrogens with zero attached hydrogens (tertiary/aromatic N) is 1. The molecule has 2 rings (SSSR count). The van der Waals surface area contributed by atoms with Gasteiger partial charge in [-0.2, -0.15) is 0 Å². The summed E-state index contributed by atoms with van der Waals surface area (Å²) in [5, 5.41) is 7.82. The van der Waals surface area contributed by atoms with E-state index in [2.05, 4.69) is 29.7 Å². The van der Waals surface area contributed by atoms with Gasteiger partial charge >= 0.3 is 0 Å². The fourth-order valence-electron chi connectivity index (χ4n) is 2.62. The highest BCUT2D eigenvalue weighted by Gasteiger charge is 2.13. The molecule has 0 saturated carbocycles. The largest absolute Gasteiger partial charge is 0.355 e. The van der Waals surface area contributed by atoms with E-state index in [1.165, 1.54) is 11.1 Å². The second kappa shape index (κ2) is 10.7. The second-order valence-corrected chi connectivity index (χ2v) is 7.22. The van der Waals surface area contributed by atoms with Gasteiger partial charge in [0.05, 0.1) is 19.6 Å². The quantitative estimate of drug-likeness (QED) is 0.672. The Morgan fingerprint density at radius 1 is 1.04 bits per heavy atom. The first-order chi connectivity index (χ1) is 12.6. The van der Waals surface area contributed by atoms with Crippen molar-refractivity contribution in [2.24, 2.45) is 0 Å². The summed E-state index contributed by atoms with van der Waals surface area (Å²) in [5.74, 6) is -0.112. The molecule has 0 spiro atoms. The molecule has 1 heterocycles. The number of thiophene rings is 1. The lowest BCUT2D eigenvalue weighted by molar-refractivity contribution is -0.125. The van der Waals surface area contributed by atoms with Gasteiger partial charge in [0.25, 0.3) is 0 Å². The number of rotatable bonds is 10. The highest BCUT2D eigenvalue weighted by molar-refractivity contribution is 7.09. The zero-order valence-corrected chi connectivity index (χ0v) is 16.3. The second-order valence-electron chi connectivity index (χ2n) is 6.19. The number of likely N-dealkylation sites (N-methyl/N-ethyl adjacent to an activating group) is 1. The first-order valence-electron chi connectivity index (χ1n) is 8.91. The van der Waals surface area contributed by atoms with Crippen LogP contribution in [0.25, 0.3) is 0 Å². The molecular weight excluding hydrogens is 346 g/mol. The number of nitrogens with one attached hydrogen (secondary N) is 2. The minimum absolute atomic E-state index is 0.0495. The normalized spacial score (nSPS) is 10.7. The number of hydrogen-bond acceptors (Lipinski definition) is 4. The Morgan fingerprint density at radius 3 is 2.42 bits per heavy atom. The average molecular weight is 374 g/mol. The van der Waals surface area contributed by atoms with Crippen LogP contribution in [0.3, 0.4) is 0 Å². The van der Waals surface area contributed by atoms with E-state index in [-0.39, 0.29) is 24.9 Å². The van der Waals surface area contributed by atoms with Crippen molar-refractivity contribution in [1.82, 2.24) is 15.5 Å². The third-order valence-corrected chi connectivity index (χ3v) is 5.08. The molecule has 1 aromatic carbocycles. The van der Waals surface area contributed by atoms with Crippen molar-refractivity contribution in [1.29, 1.82) is 0 Å². The Kier molecular flexibility index (Phi) is 8.31. The highest BCUT2D eigenvalue weighted by atomic mass is 32.1. The van der Waals surface area contributed by atoms with Crippen molar-refractivity contribution in [3.05, 3.63) is 57.8 Å². The molecule has 2 N–H and O–H groups in total. The van der Waals surface area contributed by atoms with E-state index in [9.17, 15) is 9.59 Å². The van der Waals surface area contributed by atoms with Crippen LogP contribution in [0.5, 0.6) is 0 Å². The summed E-state index contributed by atoms with van der Waals surface area (Å²) in [6.07, 6.45) is 0.811. The average Bonchev–Trinajstić information content (AvgIpc) is 3.14. The van der Waals surface area contributed by atoms with Gasteiger partial charge in [-0.1, -0.05) is 37.3 Å². The van der Waals surface area contributed by atoms with Crippen LogP contribution in [0.2, 0.25) is 0 Å². The molecule has 2 amide bonds. The van der Waals surface area contributed by atoms with Crippen LogP contribution >= 0.6 is 11.3 Å². The van der Waals surface area contributed by atoms with Crippen molar-refractivity contribution in [2.75, 3.05) is 26.2 Å².